The first kappa shape index (κ1) is 23.7. The number of likely N-dealkylation sites (N-methyl/N-ethyl adjacent to an activating group) is 1. The number of aliphatic carboxylic acids is 1. The number of alkyl halides is 3. The SMILES string of the molecule is CN1CCc2c([nH]c3ccc(OCc4ccc(C5CCCC5)c(C(F)(F)F)c4)cc23)C1CC(=O)O. The second-order valence-corrected chi connectivity index (χ2v) is 9.76. The molecule has 1 aliphatic carbocycles. The monoisotopic (exact) mass is 486 g/mol. The van der Waals surface area contributed by atoms with Gasteiger partial charge in [0.1, 0.15) is 12.4 Å². The fourth-order valence-corrected chi connectivity index (χ4v) is 5.68. The van der Waals surface area contributed by atoms with E-state index in [0.29, 0.717) is 16.9 Å². The minimum atomic E-state index is -4.39. The number of hydrogen-bond acceptors (Lipinski definition) is 3. The summed E-state index contributed by atoms with van der Waals surface area (Å²) in [6.07, 6.45) is -0.0270. The molecule has 0 spiro atoms. The lowest BCUT2D eigenvalue weighted by Crippen LogP contribution is -2.33. The summed E-state index contributed by atoms with van der Waals surface area (Å²) in [4.78, 5) is 16.8. The summed E-state index contributed by atoms with van der Waals surface area (Å²) in [6.45, 7) is 0.785. The first-order chi connectivity index (χ1) is 16.7. The van der Waals surface area contributed by atoms with E-state index in [1.165, 1.54) is 6.07 Å². The molecule has 2 aliphatic rings. The zero-order valence-corrected chi connectivity index (χ0v) is 19.6. The number of carboxylic acid groups (broad SMARTS) is 1. The predicted octanol–water partition coefficient (Wildman–Crippen LogP) is 6.43. The second kappa shape index (κ2) is 9.22. The van der Waals surface area contributed by atoms with Gasteiger partial charge in [0, 0.05) is 23.1 Å². The van der Waals surface area contributed by atoms with Crippen LogP contribution in [0.4, 0.5) is 13.2 Å². The highest BCUT2D eigenvalue weighted by atomic mass is 19.4. The maximum absolute atomic E-state index is 13.8. The fraction of sp³-hybridized carbons (Fsp3) is 0.444. The quantitative estimate of drug-likeness (QED) is 0.422. The van der Waals surface area contributed by atoms with Crippen molar-refractivity contribution in [3.8, 4) is 5.75 Å². The molecule has 1 aliphatic heterocycles. The molecule has 0 radical (unpaired) electrons. The van der Waals surface area contributed by atoms with Crippen molar-refractivity contribution in [2.75, 3.05) is 13.6 Å². The van der Waals surface area contributed by atoms with Crippen LogP contribution < -0.4 is 4.74 Å². The third kappa shape index (κ3) is 4.76. The zero-order valence-electron chi connectivity index (χ0n) is 19.6. The van der Waals surface area contributed by atoms with Crippen LogP contribution in [0.5, 0.6) is 5.75 Å². The van der Waals surface area contributed by atoms with Gasteiger partial charge >= 0.3 is 12.1 Å². The normalized spacial score (nSPS) is 19.3. The number of nitrogens with one attached hydrogen (secondary N) is 1. The number of hydrogen-bond donors (Lipinski definition) is 2. The minimum Gasteiger partial charge on any atom is -0.489 e. The van der Waals surface area contributed by atoms with Crippen LogP contribution in [0.3, 0.4) is 0 Å². The van der Waals surface area contributed by atoms with Crippen LogP contribution in [0.2, 0.25) is 0 Å². The van der Waals surface area contributed by atoms with Crippen LogP contribution in [0, 0.1) is 0 Å². The molecule has 0 amide bonds. The van der Waals surface area contributed by atoms with E-state index in [2.05, 4.69) is 4.98 Å². The van der Waals surface area contributed by atoms with Gasteiger partial charge in [-0.15, -0.1) is 0 Å². The Morgan fingerprint density at radius 1 is 1.17 bits per heavy atom. The van der Waals surface area contributed by atoms with Crippen molar-refractivity contribution in [3.63, 3.8) is 0 Å². The standard InChI is InChI=1S/C27H29F3N2O3/c1-32-11-10-20-21-13-18(7-9-23(21)31-26(20)24(32)14-25(33)34)35-15-16-6-8-19(17-4-2-3-5-17)22(12-16)27(28,29)30/h6-9,12-13,17,24,31H,2-5,10-11,14-15H2,1H3,(H,33,34). The lowest BCUT2D eigenvalue weighted by molar-refractivity contribution is -0.139. The number of halogens is 3. The number of ether oxygens (including phenoxy) is 1. The molecule has 8 heteroatoms. The van der Waals surface area contributed by atoms with Crippen LogP contribution >= 0.6 is 0 Å². The Kier molecular flexibility index (Phi) is 6.25. The molecule has 1 aromatic heterocycles. The molecule has 5 rings (SSSR count). The second-order valence-electron chi connectivity index (χ2n) is 9.76. The summed E-state index contributed by atoms with van der Waals surface area (Å²) in [5.41, 5.74) is 3.22. The average molecular weight is 487 g/mol. The summed E-state index contributed by atoms with van der Waals surface area (Å²) >= 11 is 0. The number of fused-ring (bicyclic) bond motifs is 3. The zero-order chi connectivity index (χ0) is 24.7. The molecule has 2 N–H and O–H groups in total. The van der Waals surface area contributed by atoms with Gasteiger partial charge in [0.05, 0.1) is 18.0 Å². The van der Waals surface area contributed by atoms with E-state index >= 15 is 0 Å². The van der Waals surface area contributed by atoms with E-state index in [-0.39, 0.29) is 25.0 Å². The summed E-state index contributed by atoms with van der Waals surface area (Å²) < 4.78 is 47.3. The van der Waals surface area contributed by atoms with Crippen molar-refractivity contribution in [1.29, 1.82) is 0 Å². The molecule has 0 bridgehead atoms. The van der Waals surface area contributed by atoms with Gasteiger partial charge in [-0.2, -0.15) is 13.2 Å². The molecule has 0 saturated heterocycles. The van der Waals surface area contributed by atoms with Crippen molar-refractivity contribution in [2.45, 2.75) is 63.3 Å². The Bertz CT molecular complexity index is 1240. The number of carbonyl (C=O) groups is 1. The summed E-state index contributed by atoms with van der Waals surface area (Å²) in [5.74, 6) is -0.302. The Labute approximate surface area is 201 Å². The van der Waals surface area contributed by atoms with E-state index in [9.17, 15) is 23.1 Å². The highest BCUT2D eigenvalue weighted by Gasteiger charge is 2.36. The average Bonchev–Trinajstić information content (AvgIpc) is 3.47. The van der Waals surface area contributed by atoms with E-state index in [1.807, 2.05) is 24.1 Å². The Morgan fingerprint density at radius 2 is 1.94 bits per heavy atom. The van der Waals surface area contributed by atoms with Gasteiger partial charge < -0.3 is 14.8 Å². The van der Waals surface area contributed by atoms with Crippen LogP contribution in [0.1, 0.15) is 72.0 Å². The van der Waals surface area contributed by atoms with Gasteiger partial charge in [0.2, 0.25) is 0 Å². The fourth-order valence-electron chi connectivity index (χ4n) is 5.68. The molecule has 1 fully saturated rings. The Hall–Kier alpha value is -3.00. The molecule has 35 heavy (non-hydrogen) atoms. The lowest BCUT2D eigenvalue weighted by Gasteiger charge is -2.31. The number of aromatic nitrogens is 1. The first-order valence-electron chi connectivity index (χ1n) is 12.1. The van der Waals surface area contributed by atoms with E-state index in [0.717, 1.165) is 60.8 Å². The highest BCUT2D eigenvalue weighted by molar-refractivity contribution is 5.87. The molecule has 1 unspecified atom stereocenters. The van der Waals surface area contributed by atoms with Gasteiger partial charge in [0.15, 0.2) is 0 Å². The molecular formula is C27H29F3N2O3. The topological polar surface area (TPSA) is 65.6 Å². The summed E-state index contributed by atoms with van der Waals surface area (Å²) in [7, 11) is 1.92. The summed E-state index contributed by atoms with van der Waals surface area (Å²) in [5, 5.41) is 10.3. The minimum absolute atomic E-state index is 0.0120. The van der Waals surface area contributed by atoms with Gasteiger partial charge in [-0.1, -0.05) is 25.0 Å². The van der Waals surface area contributed by atoms with Gasteiger partial charge in [-0.3, -0.25) is 9.69 Å². The molecule has 2 heterocycles. The molecule has 3 aromatic rings. The number of aromatic amines is 1. The van der Waals surface area contributed by atoms with E-state index in [4.69, 9.17) is 4.74 Å². The number of rotatable bonds is 6. The third-order valence-electron chi connectivity index (χ3n) is 7.48. The van der Waals surface area contributed by atoms with Crippen LogP contribution in [-0.2, 0) is 24.0 Å². The highest BCUT2D eigenvalue weighted by Crippen LogP contribution is 2.42. The van der Waals surface area contributed by atoms with E-state index in [1.54, 1.807) is 18.2 Å². The lowest BCUT2D eigenvalue weighted by atomic mass is 9.91. The molecular weight excluding hydrogens is 457 g/mol. The molecule has 2 aromatic carbocycles. The van der Waals surface area contributed by atoms with Gasteiger partial charge in [-0.25, -0.2) is 0 Å². The van der Waals surface area contributed by atoms with Crippen molar-refractivity contribution < 1.29 is 27.8 Å². The third-order valence-corrected chi connectivity index (χ3v) is 7.48. The number of nitrogens with zero attached hydrogens (tertiary/aromatic N) is 1. The first-order valence-corrected chi connectivity index (χ1v) is 12.1. The molecule has 186 valence electrons. The van der Waals surface area contributed by atoms with Crippen molar-refractivity contribution in [1.82, 2.24) is 9.88 Å². The molecule has 1 atom stereocenters. The van der Waals surface area contributed by atoms with Crippen LogP contribution in [-0.4, -0.2) is 34.6 Å². The summed E-state index contributed by atoms with van der Waals surface area (Å²) in [6, 6.07) is 9.94. The Balaban J connectivity index is 1.38. The largest absolute Gasteiger partial charge is 0.489 e. The number of H-pyrrole nitrogens is 1. The molecule has 5 nitrogen and oxygen atoms in total. The maximum atomic E-state index is 13.8. The Morgan fingerprint density at radius 3 is 2.66 bits per heavy atom. The van der Waals surface area contributed by atoms with Gasteiger partial charge in [-0.05, 0) is 73.2 Å². The number of carboxylic acids is 1. The predicted molar refractivity (Wildman–Crippen MR) is 127 cm³/mol. The van der Waals surface area contributed by atoms with Gasteiger partial charge in [0.25, 0.3) is 0 Å². The van der Waals surface area contributed by atoms with Crippen molar-refractivity contribution in [3.05, 3.63) is 64.3 Å². The molecule has 1 saturated carbocycles. The maximum Gasteiger partial charge on any atom is 0.416 e. The van der Waals surface area contributed by atoms with Crippen LogP contribution in [0.25, 0.3) is 10.9 Å². The number of benzene rings is 2. The van der Waals surface area contributed by atoms with Crippen LogP contribution in [0.15, 0.2) is 36.4 Å². The van der Waals surface area contributed by atoms with E-state index < -0.39 is 17.7 Å². The van der Waals surface area contributed by atoms with Crippen molar-refractivity contribution in [2.24, 2.45) is 0 Å². The smallest absolute Gasteiger partial charge is 0.416 e. The van der Waals surface area contributed by atoms with Crippen molar-refractivity contribution >= 4 is 16.9 Å².